The molecule has 0 bridgehead atoms. The van der Waals surface area contributed by atoms with Crippen LogP contribution in [0.25, 0.3) is 10.9 Å². The van der Waals surface area contributed by atoms with Crippen LogP contribution in [0.15, 0.2) is 30.3 Å². The number of nitrogen functional groups attached to an aromatic ring is 1. The Balaban J connectivity index is 2.20. The Morgan fingerprint density at radius 2 is 2.00 bits per heavy atom. The molecular weight excluding hydrogens is 246 g/mol. The van der Waals surface area contributed by atoms with Crippen molar-refractivity contribution in [3.05, 3.63) is 36.0 Å². The Morgan fingerprint density at radius 3 is 2.70 bits per heavy atom. The van der Waals surface area contributed by atoms with Gasteiger partial charge in [-0.3, -0.25) is 9.88 Å². The molecule has 20 heavy (non-hydrogen) atoms. The molecule has 1 atom stereocenters. The van der Waals surface area contributed by atoms with Crippen LogP contribution < -0.4 is 5.73 Å². The van der Waals surface area contributed by atoms with Crippen molar-refractivity contribution in [2.24, 2.45) is 5.92 Å². The van der Waals surface area contributed by atoms with Gasteiger partial charge in [-0.05, 0) is 24.6 Å². The van der Waals surface area contributed by atoms with E-state index in [1.54, 1.807) is 0 Å². The number of anilines is 1. The fraction of sp³-hybridized carbons (Fsp3) is 0.471. The third kappa shape index (κ3) is 3.48. The summed E-state index contributed by atoms with van der Waals surface area (Å²) in [7, 11) is 0. The summed E-state index contributed by atoms with van der Waals surface area (Å²) in [6.45, 7) is 9.76. The Kier molecular flexibility index (Phi) is 4.96. The van der Waals surface area contributed by atoms with Crippen molar-refractivity contribution in [2.75, 3.05) is 18.8 Å². The number of aromatic nitrogens is 1. The van der Waals surface area contributed by atoms with Crippen LogP contribution in [-0.4, -0.2) is 23.0 Å². The normalized spacial score (nSPS) is 13.0. The minimum Gasteiger partial charge on any atom is -0.398 e. The maximum atomic E-state index is 6.14. The number of nitrogens with zero attached hydrogens (tertiary/aromatic N) is 2. The van der Waals surface area contributed by atoms with Crippen molar-refractivity contribution in [1.29, 1.82) is 0 Å². The molecule has 0 aliphatic heterocycles. The Labute approximate surface area is 121 Å². The van der Waals surface area contributed by atoms with E-state index < -0.39 is 0 Å². The van der Waals surface area contributed by atoms with Gasteiger partial charge >= 0.3 is 0 Å². The molecule has 3 nitrogen and oxygen atoms in total. The number of para-hydroxylation sites is 1. The van der Waals surface area contributed by atoms with E-state index in [-0.39, 0.29) is 0 Å². The van der Waals surface area contributed by atoms with Crippen molar-refractivity contribution >= 4 is 16.6 Å². The van der Waals surface area contributed by atoms with Gasteiger partial charge in [0.05, 0.1) is 11.2 Å². The molecule has 3 heteroatoms. The molecule has 1 aromatic heterocycles. The minimum atomic E-state index is 0.716. The zero-order chi connectivity index (χ0) is 14.5. The van der Waals surface area contributed by atoms with Crippen LogP contribution in [0.1, 0.15) is 32.9 Å². The molecule has 0 saturated carbocycles. The van der Waals surface area contributed by atoms with Crippen LogP contribution in [0, 0.1) is 5.92 Å². The first kappa shape index (κ1) is 14.8. The lowest BCUT2D eigenvalue weighted by molar-refractivity contribution is 0.236. The highest BCUT2D eigenvalue weighted by atomic mass is 15.1. The first-order valence-corrected chi connectivity index (χ1v) is 7.50. The number of hydrogen-bond donors (Lipinski definition) is 1. The van der Waals surface area contributed by atoms with E-state index in [9.17, 15) is 0 Å². The van der Waals surface area contributed by atoms with Gasteiger partial charge in [0.2, 0.25) is 0 Å². The highest BCUT2D eigenvalue weighted by Crippen LogP contribution is 2.21. The molecule has 1 aromatic carbocycles. The maximum Gasteiger partial charge on any atom is 0.0726 e. The summed E-state index contributed by atoms with van der Waals surface area (Å²) in [6, 6.07) is 10.1. The molecular formula is C17H25N3. The van der Waals surface area contributed by atoms with Crippen LogP contribution in [0.4, 0.5) is 5.69 Å². The van der Waals surface area contributed by atoms with E-state index in [2.05, 4.69) is 25.7 Å². The van der Waals surface area contributed by atoms with Crippen LogP contribution in [0.3, 0.4) is 0 Å². The van der Waals surface area contributed by atoms with Crippen molar-refractivity contribution in [1.82, 2.24) is 9.88 Å². The smallest absolute Gasteiger partial charge is 0.0726 e. The molecule has 2 N–H and O–H groups in total. The van der Waals surface area contributed by atoms with Gasteiger partial charge in [0.1, 0.15) is 0 Å². The lowest BCUT2D eigenvalue weighted by Gasteiger charge is -2.23. The topological polar surface area (TPSA) is 42.1 Å². The van der Waals surface area contributed by atoms with E-state index in [1.165, 1.54) is 6.42 Å². The van der Waals surface area contributed by atoms with Crippen LogP contribution in [-0.2, 0) is 6.54 Å². The number of benzene rings is 1. The fourth-order valence-corrected chi connectivity index (χ4v) is 2.44. The molecule has 0 fully saturated rings. The number of fused-ring (bicyclic) bond motifs is 1. The second-order valence-electron chi connectivity index (χ2n) is 5.56. The van der Waals surface area contributed by atoms with E-state index in [1.807, 2.05) is 30.3 Å². The lowest BCUT2D eigenvalue weighted by Crippen LogP contribution is -2.28. The standard InChI is InChI=1S/C17H25N3/c1-4-13(3)11-20(5-2)12-14-10-16(18)15-8-6-7-9-17(15)19-14/h6-10,13H,4-5,11-12H2,1-3H3,(H2,18,19). The van der Waals surface area contributed by atoms with Crippen LogP contribution in [0.5, 0.6) is 0 Å². The molecule has 2 rings (SSSR count). The van der Waals surface area contributed by atoms with Gasteiger partial charge in [0.15, 0.2) is 0 Å². The molecule has 0 amide bonds. The first-order chi connectivity index (χ1) is 9.63. The Morgan fingerprint density at radius 1 is 1.25 bits per heavy atom. The summed E-state index contributed by atoms with van der Waals surface area (Å²) < 4.78 is 0. The average molecular weight is 271 g/mol. The first-order valence-electron chi connectivity index (χ1n) is 7.50. The van der Waals surface area contributed by atoms with Crippen molar-refractivity contribution < 1.29 is 0 Å². The number of nitrogens with two attached hydrogens (primary N) is 1. The zero-order valence-electron chi connectivity index (χ0n) is 12.8. The number of rotatable bonds is 6. The zero-order valence-corrected chi connectivity index (χ0v) is 12.8. The predicted octanol–water partition coefficient (Wildman–Crippen LogP) is 3.69. The molecule has 1 heterocycles. The van der Waals surface area contributed by atoms with Gasteiger partial charge < -0.3 is 5.73 Å². The quantitative estimate of drug-likeness (QED) is 0.871. The summed E-state index contributed by atoms with van der Waals surface area (Å²) >= 11 is 0. The molecule has 0 radical (unpaired) electrons. The Hall–Kier alpha value is -1.61. The summed E-state index contributed by atoms with van der Waals surface area (Å²) in [6.07, 6.45) is 1.21. The minimum absolute atomic E-state index is 0.716. The van der Waals surface area contributed by atoms with E-state index in [4.69, 9.17) is 10.7 Å². The summed E-state index contributed by atoms with van der Waals surface area (Å²) in [5.41, 5.74) is 9.02. The van der Waals surface area contributed by atoms with Crippen molar-refractivity contribution in [3.63, 3.8) is 0 Å². The predicted molar refractivity (Wildman–Crippen MR) is 86.6 cm³/mol. The van der Waals surface area contributed by atoms with Gasteiger partial charge in [-0.1, -0.05) is 45.4 Å². The SMILES string of the molecule is CCC(C)CN(CC)Cc1cc(N)c2ccccc2n1. The summed E-state index contributed by atoms with van der Waals surface area (Å²) in [5, 5.41) is 1.04. The van der Waals surface area contributed by atoms with Crippen molar-refractivity contribution in [3.8, 4) is 0 Å². The molecule has 1 unspecified atom stereocenters. The van der Waals surface area contributed by atoms with Crippen molar-refractivity contribution in [2.45, 2.75) is 33.7 Å². The molecule has 0 saturated heterocycles. The fourth-order valence-electron chi connectivity index (χ4n) is 2.44. The monoisotopic (exact) mass is 271 g/mol. The van der Waals surface area contributed by atoms with E-state index >= 15 is 0 Å². The molecule has 2 aromatic rings. The summed E-state index contributed by atoms with van der Waals surface area (Å²) in [5.74, 6) is 0.716. The second-order valence-corrected chi connectivity index (χ2v) is 5.56. The van der Waals surface area contributed by atoms with Gasteiger partial charge in [0, 0.05) is 24.2 Å². The van der Waals surface area contributed by atoms with Crippen LogP contribution in [0.2, 0.25) is 0 Å². The molecule has 0 aliphatic rings. The molecule has 108 valence electrons. The lowest BCUT2D eigenvalue weighted by atomic mass is 10.1. The molecule has 0 spiro atoms. The maximum absolute atomic E-state index is 6.14. The second kappa shape index (κ2) is 6.71. The van der Waals surface area contributed by atoms with E-state index in [0.717, 1.165) is 41.9 Å². The van der Waals surface area contributed by atoms with E-state index in [0.29, 0.717) is 5.92 Å². The largest absolute Gasteiger partial charge is 0.398 e. The number of pyridine rings is 1. The summed E-state index contributed by atoms with van der Waals surface area (Å²) in [4.78, 5) is 7.17. The van der Waals surface area contributed by atoms with Gasteiger partial charge in [0.25, 0.3) is 0 Å². The highest BCUT2D eigenvalue weighted by molar-refractivity contribution is 5.90. The van der Waals surface area contributed by atoms with Crippen LogP contribution >= 0.6 is 0 Å². The van der Waals surface area contributed by atoms with Gasteiger partial charge in [-0.25, -0.2) is 0 Å². The third-order valence-electron chi connectivity index (χ3n) is 3.90. The Bertz CT molecular complexity index is 565. The van der Waals surface area contributed by atoms with Gasteiger partial charge in [-0.2, -0.15) is 0 Å². The highest BCUT2D eigenvalue weighted by Gasteiger charge is 2.10. The number of hydrogen-bond acceptors (Lipinski definition) is 3. The van der Waals surface area contributed by atoms with Gasteiger partial charge in [-0.15, -0.1) is 0 Å². The average Bonchev–Trinajstić information content (AvgIpc) is 2.46. The molecule has 0 aliphatic carbocycles. The third-order valence-corrected chi connectivity index (χ3v) is 3.90.